The zero-order valence-electron chi connectivity index (χ0n) is 7.43. The monoisotopic (exact) mass is 199 g/mol. The van der Waals surface area contributed by atoms with E-state index in [-0.39, 0.29) is 5.82 Å². The number of halogens is 2. The van der Waals surface area contributed by atoms with Gasteiger partial charge in [0.15, 0.2) is 0 Å². The Bertz CT molecular complexity index is 310. The van der Waals surface area contributed by atoms with Crippen LogP contribution in [-0.2, 0) is 0 Å². The van der Waals surface area contributed by atoms with E-state index in [1.54, 1.807) is 13.0 Å². The van der Waals surface area contributed by atoms with Crippen LogP contribution in [0.2, 0.25) is 0 Å². The zero-order valence-corrected chi connectivity index (χ0v) is 8.18. The molecule has 0 aromatic carbocycles. The van der Waals surface area contributed by atoms with Crippen molar-refractivity contribution in [2.45, 2.75) is 13.3 Å². The van der Waals surface area contributed by atoms with E-state index in [9.17, 15) is 4.39 Å². The molecule has 1 nitrogen and oxygen atoms in total. The lowest BCUT2D eigenvalue weighted by Crippen LogP contribution is -1.89. The van der Waals surface area contributed by atoms with Gasteiger partial charge in [0.2, 0.25) is 0 Å². The summed E-state index contributed by atoms with van der Waals surface area (Å²) in [5.41, 5.74) is 1.19. The summed E-state index contributed by atoms with van der Waals surface area (Å²) >= 11 is 5.49. The van der Waals surface area contributed by atoms with Gasteiger partial charge in [-0.1, -0.05) is 6.08 Å². The van der Waals surface area contributed by atoms with Crippen LogP contribution in [-0.4, -0.2) is 10.9 Å². The quantitative estimate of drug-likeness (QED) is 0.682. The Morgan fingerprint density at radius 2 is 2.31 bits per heavy atom. The average Bonchev–Trinajstić information content (AvgIpc) is 2.12. The number of allylic oxidation sites excluding steroid dienone is 1. The van der Waals surface area contributed by atoms with Gasteiger partial charge >= 0.3 is 0 Å². The van der Waals surface area contributed by atoms with Crippen LogP contribution >= 0.6 is 11.6 Å². The van der Waals surface area contributed by atoms with Crippen molar-refractivity contribution in [2.24, 2.45) is 0 Å². The minimum absolute atomic E-state index is 0.269. The van der Waals surface area contributed by atoms with Crippen LogP contribution in [0.15, 0.2) is 18.2 Å². The minimum Gasteiger partial charge on any atom is -0.251 e. The van der Waals surface area contributed by atoms with E-state index in [4.69, 9.17) is 11.6 Å². The second-order valence-electron chi connectivity index (χ2n) is 2.68. The van der Waals surface area contributed by atoms with Crippen molar-refractivity contribution in [3.8, 4) is 0 Å². The third kappa shape index (κ3) is 3.15. The van der Waals surface area contributed by atoms with E-state index < -0.39 is 0 Å². The highest BCUT2D eigenvalue weighted by atomic mass is 35.5. The molecule has 70 valence electrons. The van der Waals surface area contributed by atoms with E-state index in [0.717, 1.165) is 12.1 Å². The molecular formula is C10H11ClFN. The second kappa shape index (κ2) is 4.97. The lowest BCUT2D eigenvalue weighted by Gasteiger charge is -1.96. The van der Waals surface area contributed by atoms with Crippen molar-refractivity contribution < 1.29 is 4.39 Å². The lowest BCUT2D eigenvalue weighted by molar-refractivity contribution is 0.609. The number of alkyl halides is 1. The van der Waals surface area contributed by atoms with Gasteiger partial charge in [0.05, 0.1) is 11.4 Å². The first-order valence-electron chi connectivity index (χ1n) is 4.09. The Morgan fingerprint density at radius 3 is 2.92 bits per heavy atom. The van der Waals surface area contributed by atoms with Crippen LogP contribution in [0.4, 0.5) is 4.39 Å². The van der Waals surface area contributed by atoms with Gasteiger partial charge in [0.25, 0.3) is 0 Å². The van der Waals surface area contributed by atoms with Gasteiger partial charge in [0.1, 0.15) is 5.82 Å². The zero-order chi connectivity index (χ0) is 9.68. The average molecular weight is 200 g/mol. The predicted octanol–water partition coefficient (Wildman–Crippen LogP) is 3.17. The van der Waals surface area contributed by atoms with Crippen LogP contribution in [0.1, 0.15) is 17.8 Å². The summed E-state index contributed by atoms with van der Waals surface area (Å²) in [7, 11) is 0. The molecule has 0 aliphatic heterocycles. The third-order valence-corrected chi connectivity index (χ3v) is 1.83. The maximum Gasteiger partial charge on any atom is 0.144 e. The molecule has 0 saturated heterocycles. The fraction of sp³-hybridized carbons (Fsp3) is 0.300. The van der Waals surface area contributed by atoms with E-state index >= 15 is 0 Å². The SMILES string of the molecule is Cc1nc(C=CCCCl)ccc1F. The van der Waals surface area contributed by atoms with Gasteiger partial charge in [-0.2, -0.15) is 0 Å². The molecule has 0 radical (unpaired) electrons. The van der Waals surface area contributed by atoms with Crippen molar-refractivity contribution in [2.75, 3.05) is 5.88 Å². The molecule has 0 saturated carbocycles. The van der Waals surface area contributed by atoms with Crippen LogP contribution in [0.25, 0.3) is 6.08 Å². The summed E-state index contributed by atoms with van der Waals surface area (Å²) in [5.74, 6) is 0.325. The van der Waals surface area contributed by atoms with Gasteiger partial charge in [-0.3, -0.25) is 4.98 Å². The van der Waals surface area contributed by atoms with E-state index in [2.05, 4.69) is 4.98 Å². The van der Waals surface area contributed by atoms with Crippen molar-refractivity contribution in [1.29, 1.82) is 0 Å². The number of aryl methyl sites for hydroxylation is 1. The molecule has 1 heterocycles. The fourth-order valence-electron chi connectivity index (χ4n) is 0.923. The number of hydrogen-bond donors (Lipinski definition) is 0. The largest absolute Gasteiger partial charge is 0.251 e. The number of hydrogen-bond acceptors (Lipinski definition) is 1. The molecule has 0 unspecified atom stereocenters. The third-order valence-electron chi connectivity index (χ3n) is 1.61. The molecule has 0 N–H and O–H groups in total. The molecule has 13 heavy (non-hydrogen) atoms. The van der Waals surface area contributed by atoms with Crippen LogP contribution in [0, 0.1) is 12.7 Å². The van der Waals surface area contributed by atoms with E-state index in [0.29, 0.717) is 11.6 Å². The van der Waals surface area contributed by atoms with Crippen molar-refractivity contribution in [3.63, 3.8) is 0 Å². The van der Waals surface area contributed by atoms with Gasteiger partial charge in [0, 0.05) is 5.88 Å². The van der Waals surface area contributed by atoms with E-state index in [1.165, 1.54) is 6.07 Å². The van der Waals surface area contributed by atoms with E-state index in [1.807, 2.05) is 12.2 Å². The summed E-state index contributed by atoms with van der Waals surface area (Å²) in [5, 5.41) is 0. The summed E-state index contributed by atoms with van der Waals surface area (Å²) in [4.78, 5) is 4.04. The Hall–Kier alpha value is -0.890. The molecule has 3 heteroatoms. The maximum atomic E-state index is 12.8. The Labute approximate surface area is 82.3 Å². The Kier molecular flexibility index (Phi) is 3.90. The van der Waals surface area contributed by atoms with Gasteiger partial charge in [-0.25, -0.2) is 4.39 Å². The van der Waals surface area contributed by atoms with Crippen molar-refractivity contribution >= 4 is 17.7 Å². The van der Waals surface area contributed by atoms with Crippen LogP contribution in [0.5, 0.6) is 0 Å². The highest BCUT2D eigenvalue weighted by Gasteiger charge is 1.96. The van der Waals surface area contributed by atoms with Crippen molar-refractivity contribution in [1.82, 2.24) is 4.98 Å². The lowest BCUT2D eigenvalue weighted by atomic mass is 10.2. The molecule has 1 rings (SSSR count). The standard InChI is InChI=1S/C10H11ClFN/c1-8-10(12)6-5-9(13-8)4-2-3-7-11/h2,4-6H,3,7H2,1H3. The molecule has 0 atom stereocenters. The smallest absolute Gasteiger partial charge is 0.144 e. The molecule has 0 aliphatic carbocycles. The second-order valence-corrected chi connectivity index (χ2v) is 3.06. The van der Waals surface area contributed by atoms with Gasteiger partial charge in [-0.15, -0.1) is 11.6 Å². The number of pyridine rings is 1. The van der Waals surface area contributed by atoms with Crippen molar-refractivity contribution in [3.05, 3.63) is 35.4 Å². The first-order valence-corrected chi connectivity index (χ1v) is 4.63. The van der Waals surface area contributed by atoms with Crippen LogP contribution < -0.4 is 0 Å². The van der Waals surface area contributed by atoms with Gasteiger partial charge in [-0.05, 0) is 31.6 Å². The molecule has 0 spiro atoms. The van der Waals surface area contributed by atoms with Crippen LogP contribution in [0.3, 0.4) is 0 Å². The molecule has 0 bridgehead atoms. The first-order chi connectivity index (χ1) is 6.24. The molecule has 0 fully saturated rings. The molecule has 0 aliphatic rings. The minimum atomic E-state index is -0.269. The molecule has 1 aromatic rings. The highest BCUT2D eigenvalue weighted by molar-refractivity contribution is 6.17. The predicted molar refractivity (Wildman–Crippen MR) is 53.3 cm³/mol. The normalized spacial score (nSPS) is 11.0. The summed E-state index contributed by atoms with van der Waals surface area (Å²) in [6, 6.07) is 3.07. The summed E-state index contributed by atoms with van der Waals surface area (Å²) in [6.07, 6.45) is 4.57. The highest BCUT2D eigenvalue weighted by Crippen LogP contribution is 2.06. The Balaban J connectivity index is 2.73. The summed E-state index contributed by atoms with van der Waals surface area (Å²) in [6.45, 7) is 1.65. The topological polar surface area (TPSA) is 12.9 Å². The molecule has 0 amide bonds. The summed E-state index contributed by atoms with van der Waals surface area (Å²) < 4.78 is 12.8. The first kappa shape index (κ1) is 10.2. The Morgan fingerprint density at radius 1 is 1.54 bits per heavy atom. The maximum absolute atomic E-state index is 12.8. The number of aromatic nitrogens is 1. The molecular weight excluding hydrogens is 189 g/mol. The number of nitrogens with zero attached hydrogens (tertiary/aromatic N) is 1. The fourth-order valence-corrected chi connectivity index (χ4v) is 1.05. The number of rotatable bonds is 3. The molecule has 1 aromatic heterocycles. The van der Waals surface area contributed by atoms with Gasteiger partial charge < -0.3 is 0 Å².